The van der Waals surface area contributed by atoms with Crippen LogP contribution in [0.1, 0.15) is 12.6 Å². The number of rotatable bonds is 4. The molecule has 1 N–H and O–H groups in total. The molecule has 1 heterocycles. The lowest BCUT2D eigenvalue weighted by Gasteiger charge is -2.06. The first kappa shape index (κ1) is 13.9. The van der Waals surface area contributed by atoms with Gasteiger partial charge in [-0.3, -0.25) is 4.68 Å². The molecule has 0 saturated carbocycles. The summed E-state index contributed by atoms with van der Waals surface area (Å²) in [6.45, 7) is 3.30. The summed E-state index contributed by atoms with van der Waals surface area (Å²) in [7, 11) is 0. The van der Waals surface area contributed by atoms with Gasteiger partial charge in [-0.1, -0.05) is 29.8 Å². The summed E-state index contributed by atoms with van der Waals surface area (Å²) >= 11 is 5.89. The third-order valence-electron chi connectivity index (χ3n) is 3.41. The fourth-order valence-corrected chi connectivity index (χ4v) is 2.55. The zero-order valence-electron chi connectivity index (χ0n) is 11.6. The molecule has 0 saturated heterocycles. The Kier molecular flexibility index (Phi) is 3.80. The van der Waals surface area contributed by atoms with Gasteiger partial charge in [-0.05, 0) is 31.2 Å². The van der Waals surface area contributed by atoms with Crippen molar-refractivity contribution in [1.29, 1.82) is 0 Å². The lowest BCUT2D eigenvalue weighted by atomic mass is 10.2. The number of anilines is 1. The largest absolute Gasteiger partial charge is 0.377 e. The standard InChI is InChI=1S/C16H15ClFN3/c1-2-21-16-6-4-3-5-12(16)15(20-21)10-19-14-9-11(17)7-8-13(14)18/h3-9,19H,2,10H2,1H3. The summed E-state index contributed by atoms with van der Waals surface area (Å²) in [6, 6.07) is 12.5. The van der Waals surface area contributed by atoms with Crippen molar-refractivity contribution in [2.75, 3.05) is 5.32 Å². The second-order valence-corrected chi connectivity index (χ2v) is 5.19. The Morgan fingerprint density at radius 2 is 2.05 bits per heavy atom. The maximum absolute atomic E-state index is 13.7. The number of benzene rings is 2. The number of aryl methyl sites for hydroxylation is 1. The van der Waals surface area contributed by atoms with Crippen LogP contribution < -0.4 is 5.32 Å². The molecule has 1 aromatic heterocycles. The highest BCUT2D eigenvalue weighted by atomic mass is 35.5. The van der Waals surface area contributed by atoms with Gasteiger partial charge < -0.3 is 5.32 Å². The van der Waals surface area contributed by atoms with Gasteiger partial charge in [0.2, 0.25) is 0 Å². The summed E-state index contributed by atoms with van der Waals surface area (Å²) < 4.78 is 15.7. The predicted octanol–water partition coefficient (Wildman–Crippen LogP) is 4.46. The smallest absolute Gasteiger partial charge is 0.146 e. The molecule has 0 amide bonds. The van der Waals surface area contributed by atoms with Crippen molar-refractivity contribution in [3.05, 3.63) is 59.0 Å². The molecule has 0 aliphatic carbocycles. The Hall–Kier alpha value is -2.07. The highest BCUT2D eigenvalue weighted by Gasteiger charge is 2.10. The summed E-state index contributed by atoms with van der Waals surface area (Å²) in [5.74, 6) is -0.321. The molecule has 0 radical (unpaired) electrons. The lowest BCUT2D eigenvalue weighted by Crippen LogP contribution is -2.04. The Bertz CT molecular complexity index is 782. The number of halogens is 2. The second kappa shape index (κ2) is 5.74. The van der Waals surface area contributed by atoms with Crippen LogP contribution in [0.15, 0.2) is 42.5 Å². The van der Waals surface area contributed by atoms with E-state index in [0.29, 0.717) is 17.3 Å². The average molecular weight is 304 g/mol. The molecular formula is C16H15ClFN3. The van der Waals surface area contributed by atoms with Crippen LogP contribution in [0.5, 0.6) is 0 Å². The third-order valence-corrected chi connectivity index (χ3v) is 3.64. The lowest BCUT2D eigenvalue weighted by molar-refractivity contribution is 0.629. The first-order valence-electron chi connectivity index (χ1n) is 6.82. The van der Waals surface area contributed by atoms with Crippen LogP contribution in [-0.4, -0.2) is 9.78 Å². The topological polar surface area (TPSA) is 29.9 Å². The maximum atomic E-state index is 13.7. The van der Waals surface area contributed by atoms with Crippen molar-refractivity contribution in [2.24, 2.45) is 0 Å². The Morgan fingerprint density at radius 3 is 2.86 bits per heavy atom. The normalized spacial score (nSPS) is 11.0. The number of fused-ring (bicyclic) bond motifs is 1. The van der Waals surface area contributed by atoms with E-state index in [-0.39, 0.29) is 5.82 Å². The van der Waals surface area contributed by atoms with Crippen molar-refractivity contribution in [3.8, 4) is 0 Å². The quantitative estimate of drug-likeness (QED) is 0.771. The third kappa shape index (κ3) is 2.72. The number of aromatic nitrogens is 2. The van der Waals surface area contributed by atoms with Gasteiger partial charge in [0.25, 0.3) is 0 Å². The highest BCUT2D eigenvalue weighted by molar-refractivity contribution is 6.30. The van der Waals surface area contributed by atoms with Gasteiger partial charge in [0, 0.05) is 17.0 Å². The van der Waals surface area contributed by atoms with E-state index in [1.807, 2.05) is 35.9 Å². The highest BCUT2D eigenvalue weighted by Crippen LogP contribution is 2.22. The Morgan fingerprint density at radius 1 is 1.24 bits per heavy atom. The van der Waals surface area contributed by atoms with E-state index in [0.717, 1.165) is 23.1 Å². The van der Waals surface area contributed by atoms with E-state index < -0.39 is 0 Å². The molecule has 2 aromatic carbocycles. The minimum absolute atomic E-state index is 0.321. The van der Waals surface area contributed by atoms with Crippen molar-refractivity contribution < 1.29 is 4.39 Å². The molecule has 0 aliphatic rings. The molecule has 21 heavy (non-hydrogen) atoms. The van der Waals surface area contributed by atoms with Crippen LogP contribution in [-0.2, 0) is 13.1 Å². The monoisotopic (exact) mass is 303 g/mol. The van der Waals surface area contributed by atoms with E-state index >= 15 is 0 Å². The van der Waals surface area contributed by atoms with Gasteiger partial charge in [-0.2, -0.15) is 5.10 Å². The van der Waals surface area contributed by atoms with Crippen LogP contribution in [0.2, 0.25) is 5.02 Å². The molecular weight excluding hydrogens is 289 g/mol. The van der Waals surface area contributed by atoms with Crippen LogP contribution >= 0.6 is 11.6 Å². The number of nitrogens with zero attached hydrogens (tertiary/aromatic N) is 2. The first-order valence-corrected chi connectivity index (χ1v) is 7.20. The van der Waals surface area contributed by atoms with Crippen molar-refractivity contribution in [3.63, 3.8) is 0 Å². The molecule has 0 aliphatic heterocycles. The molecule has 0 unspecified atom stereocenters. The summed E-state index contributed by atoms with van der Waals surface area (Å²) in [6.07, 6.45) is 0. The van der Waals surface area contributed by atoms with Crippen molar-refractivity contribution in [1.82, 2.24) is 9.78 Å². The fraction of sp³-hybridized carbons (Fsp3) is 0.188. The van der Waals surface area contributed by atoms with Crippen molar-refractivity contribution in [2.45, 2.75) is 20.0 Å². The molecule has 0 bridgehead atoms. The van der Waals surface area contributed by atoms with Crippen LogP contribution in [0.3, 0.4) is 0 Å². The molecule has 3 rings (SSSR count). The van der Waals surface area contributed by atoms with Gasteiger partial charge in [0.1, 0.15) is 5.82 Å². The first-order chi connectivity index (χ1) is 10.2. The van der Waals surface area contributed by atoms with Gasteiger partial charge in [0.15, 0.2) is 0 Å². The van der Waals surface area contributed by atoms with Gasteiger partial charge in [-0.25, -0.2) is 4.39 Å². The molecule has 108 valence electrons. The van der Waals surface area contributed by atoms with Crippen LogP contribution in [0.25, 0.3) is 10.9 Å². The van der Waals surface area contributed by atoms with E-state index in [9.17, 15) is 4.39 Å². The predicted molar refractivity (Wildman–Crippen MR) is 84.1 cm³/mol. The SMILES string of the molecule is CCn1nc(CNc2cc(Cl)ccc2F)c2ccccc21. The Labute approximate surface area is 127 Å². The van der Waals surface area contributed by atoms with E-state index in [1.165, 1.54) is 12.1 Å². The molecule has 0 atom stereocenters. The molecule has 3 nitrogen and oxygen atoms in total. The average Bonchev–Trinajstić information content (AvgIpc) is 2.86. The van der Waals surface area contributed by atoms with Gasteiger partial charge in [0.05, 0.1) is 23.4 Å². The minimum Gasteiger partial charge on any atom is -0.377 e. The molecule has 0 fully saturated rings. The second-order valence-electron chi connectivity index (χ2n) is 4.76. The Balaban J connectivity index is 1.90. The molecule has 5 heteroatoms. The van der Waals surface area contributed by atoms with Gasteiger partial charge >= 0.3 is 0 Å². The summed E-state index contributed by atoms with van der Waals surface area (Å²) in [4.78, 5) is 0. The van der Waals surface area contributed by atoms with Crippen LogP contribution in [0.4, 0.5) is 10.1 Å². The van der Waals surface area contributed by atoms with E-state index in [4.69, 9.17) is 11.6 Å². The minimum atomic E-state index is -0.321. The number of para-hydroxylation sites is 1. The number of hydrogen-bond donors (Lipinski definition) is 1. The number of hydrogen-bond acceptors (Lipinski definition) is 2. The summed E-state index contributed by atoms with van der Waals surface area (Å²) in [5, 5.41) is 9.22. The zero-order valence-corrected chi connectivity index (χ0v) is 12.4. The van der Waals surface area contributed by atoms with Crippen LogP contribution in [0, 0.1) is 5.82 Å². The maximum Gasteiger partial charge on any atom is 0.146 e. The summed E-state index contributed by atoms with van der Waals surface area (Å²) in [5.41, 5.74) is 2.37. The molecule has 3 aromatic rings. The van der Waals surface area contributed by atoms with E-state index in [1.54, 1.807) is 6.07 Å². The van der Waals surface area contributed by atoms with Gasteiger partial charge in [-0.15, -0.1) is 0 Å². The fourth-order valence-electron chi connectivity index (χ4n) is 2.38. The number of nitrogens with one attached hydrogen (secondary N) is 1. The molecule has 0 spiro atoms. The van der Waals surface area contributed by atoms with E-state index in [2.05, 4.69) is 10.4 Å². The zero-order chi connectivity index (χ0) is 14.8. The van der Waals surface area contributed by atoms with Crippen molar-refractivity contribution >= 4 is 28.2 Å².